The van der Waals surface area contributed by atoms with Crippen LogP contribution in [0.4, 0.5) is 0 Å². The van der Waals surface area contributed by atoms with Crippen molar-refractivity contribution in [2.24, 2.45) is 0 Å². The van der Waals surface area contributed by atoms with Crippen LogP contribution in [0, 0.1) is 6.92 Å². The van der Waals surface area contributed by atoms with E-state index in [1.54, 1.807) is 18.2 Å². The second-order valence-corrected chi connectivity index (χ2v) is 3.04. The molecule has 1 aromatic rings. The van der Waals surface area contributed by atoms with Gasteiger partial charge in [0.25, 0.3) is 0 Å². The van der Waals surface area contributed by atoms with E-state index in [-0.39, 0.29) is 19.2 Å². The zero-order chi connectivity index (χ0) is 11.3. The number of aliphatic hydroxyl groups excluding tert-OH is 1. The highest BCUT2D eigenvalue weighted by Gasteiger charge is 2.07. The number of methoxy groups -OCH3 is 1. The molecule has 4 heteroatoms. The predicted octanol–water partition coefficient (Wildman–Crippen LogP) is 1.15. The van der Waals surface area contributed by atoms with Gasteiger partial charge in [-0.1, -0.05) is 0 Å². The Labute approximate surface area is 88.4 Å². The largest absolute Gasteiger partial charge is 0.491 e. The van der Waals surface area contributed by atoms with Gasteiger partial charge in [0.2, 0.25) is 0 Å². The number of rotatable bonds is 4. The molecular formula is C11H14O4. The second-order valence-electron chi connectivity index (χ2n) is 3.04. The Balaban J connectivity index is 2.83. The maximum Gasteiger partial charge on any atom is 0.337 e. The van der Waals surface area contributed by atoms with E-state index in [0.29, 0.717) is 11.3 Å². The van der Waals surface area contributed by atoms with Crippen molar-refractivity contribution in [3.8, 4) is 5.75 Å². The highest BCUT2D eigenvalue weighted by Crippen LogP contribution is 2.19. The lowest BCUT2D eigenvalue weighted by atomic mass is 10.1. The molecule has 0 unspecified atom stereocenters. The Kier molecular flexibility index (Phi) is 4.12. The first-order valence-electron chi connectivity index (χ1n) is 4.61. The number of esters is 1. The van der Waals surface area contributed by atoms with Gasteiger partial charge in [-0.15, -0.1) is 0 Å². The SMILES string of the molecule is COC(=O)c1ccc(OCCO)c(C)c1. The summed E-state index contributed by atoms with van der Waals surface area (Å²) in [4.78, 5) is 11.2. The fourth-order valence-corrected chi connectivity index (χ4v) is 1.21. The minimum atomic E-state index is -0.369. The first kappa shape index (κ1) is 11.5. The van der Waals surface area contributed by atoms with Crippen molar-refractivity contribution >= 4 is 5.97 Å². The van der Waals surface area contributed by atoms with E-state index in [1.165, 1.54) is 7.11 Å². The number of aryl methyl sites for hydroxylation is 1. The molecule has 82 valence electrons. The molecule has 0 spiro atoms. The number of hydrogen-bond acceptors (Lipinski definition) is 4. The number of carbonyl (C=O) groups excluding carboxylic acids is 1. The lowest BCUT2D eigenvalue weighted by Crippen LogP contribution is -2.05. The molecule has 0 saturated heterocycles. The molecule has 0 fully saturated rings. The van der Waals surface area contributed by atoms with E-state index < -0.39 is 0 Å². The molecule has 0 bridgehead atoms. The number of aliphatic hydroxyl groups is 1. The molecule has 0 amide bonds. The van der Waals surface area contributed by atoms with E-state index in [1.807, 2.05) is 6.92 Å². The molecule has 1 N–H and O–H groups in total. The average molecular weight is 210 g/mol. The van der Waals surface area contributed by atoms with Gasteiger partial charge in [-0.05, 0) is 30.7 Å². The number of carbonyl (C=O) groups is 1. The maximum absolute atomic E-state index is 11.2. The molecule has 0 saturated carbocycles. The molecule has 1 rings (SSSR count). The van der Waals surface area contributed by atoms with Gasteiger partial charge in [-0.3, -0.25) is 0 Å². The molecule has 0 heterocycles. The van der Waals surface area contributed by atoms with Gasteiger partial charge >= 0.3 is 5.97 Å². The summed E-state index contributed by atoms with van der Waals surface area (Å²) in [6.07, 6.45) is 0. The van der Waals surface area contributed by atoms with Crippen molar-refractivity contribution < 1.29 is 19.4 Å². The number of hydrogen-bond donors (Lipinski definition) is 1. The molecular weight excluding hydrogens is 196 g/mol. The van der Waals surface area contributed by atoms with E-state index in [2.05, 4.69) is 4.74 Å². The van der Waals surface area contributed by atoms with Gasteiger partial charge in [0.1, 0.15) is 12.4 Å². The van der Waals surface area contributed by atoms with Crippen molar-refractivity contribution in [3.63, 3.8) is 0 Å². The minimum absolute atomic E-state index is 0.0296. The second kappa shape index (κ2) is 5.36. The first-order chi connectivity index (χ1) is 7.19. The van der Waals surface area contributed by atoms with Crippen molar-refractivity contribution in [2.75, 3.05) is 20.3 Å². The van der Waals surface area contributed by atoms with Crippen LogP contribution in [0.2, 0.25) is 0 Å². The highest BCUT2D eigenvalue weighted by molar-refractivity contribution is 5.89. The van der Waals surface area contributed by atoms with Crippen molar-refractivity contribution in [1.29, 1.82) is 0 Å². The summed E-state index contributed by atoms with van der Waals surface area (Å²) >= 11 is 0. The Hall–Kier alpha value is -1.55. The standard InChI is InChI=1S/C11H14O4/c1-8-7-9(11(13)14-2)3-4-10(8)15-6-5-12/h3-4,7,12H,5-6H2,1-2H3. The van der Waals surface area contributed by atoms with E-state index >= 15 is 0 Å². The van der Waals surface area contributed by atoms with E-state index in [0.717, 1.165) is 5.56 Å². The normalized spacial score (nSPS) is 9.80. The zero-order valence-electron chi connectivity index (χ0n) is 8.82. The lowest BCUT2D eigenvalue weighted by Gasteiger charge is -2.08. The fraction of sp³-hybridized carbons (Fsp3) is 0.364. The van der Waals surface area contributed by atoms with Crippen molar-refractivity contribution in [1.82, 2.24) is 0 Å². The maximum atomic E-state index is 11.2. The molecule has 0 aliphatic carbocycles. The van der Waals surface area contributed by atoms with Crippen LogP contribution in [-0.4, -0.2) is 31.4 Å². The zero-order valence-corrected chi connectivity index (χ0v) is 8.82. The quantitative estimate of drug-likeness (QED) is 0.757. The summed E-state index contributed by atoms with van der Waals surface area (Å²) in [6.45, 7) is 2.05. The molecule has 0 aliphatic rings. The molecule has 0 atom stereocenters. The molecule has 4 nitrogen and oxygen atoms in total. The molecule has 0 radical (unpaired) electrons. The number of benzene rings is 1. The third-order valence-corrected chi connectivity index (χ3v) is 1.94. The smallest absolute Gasteiger partial charge is 0.337 e. The lowest BCUT2D eigenvalue weighted by molar-refractivity contribution is 0.0600. The Bertz CT molecular complexity index is 346. The van der Waals surface area contributed by atoms with Gasteiger partial charge in [0.05, 0.1) is 19.3 Å². The summed E-state index contributed by atoms with van der Waals surface area (Å²) in [5, 5.41) is 8.60. The molecule has 0 aliphatic heterocycles. The van der Waals surface area contributed by atoms with Crippen LogP contribution >= 0.6 is 0 Å². The van der Waals surface area contributed by atoms with Crippen LogP contribution in [0.5, 0.6) is 5.75 Å². The minimum Gasteiger partial charge on any atom is -0.491 e. The van der Waals surface area contributed by atoms with Crippen LogP contribution in [0.25, 0.3) is 0 Å². The Morgan fingerprint density at radius 3 is 2.73 bits per heavy atom. The Morgan fingerprint density at radius 1 is 1.47 bits per heavy atom. The van der Waals surface area contributed by atoms with Crippen molar-refractivity contribution in [2.45, 2.75) is 6.92 Å². The van der Waals surface area contributed by atoms with Gasteiger partial charge in [0.15, 0.2) is 0 Å². The van der Waals surface area contributed by atoms with Crippen molar-refractivity contribution in [3.05, 3.63) is 29.3 Å². The third kappa shape index (κ3) is 2.95. The summed E-state index contributed by atoms with van der Waals surface area (Å²) in [6, 6.07) is 5.02. The van der Waals surface area contributed by atoms with Gasteiger partial charge in [-0.25, -0.2) is 4.79 Å². The third-order valence-electron chi connectivity index (χ3n) is 1.94. The summed E-state index contributed by atoms with van der Waals surface area (Å²) in [5.41, 5.74) is 1.33. The molecule has 15 heavy (non-hydrogen) atoms. The monoisotopic (exact) mass is 210 g/mol. The summed E-state index contributed by atoms with van der Waals surface area (Å²) in [7, 11) is 1.34. The fourth-order valence-electron chi connectivity index (χ4n) is 1.21. The van der Waals surface area contributed by atoms with Crippen LogP contribution in [0.15, 0.2) is 18.2 Å². The van der Waals surface area contributed by atoms with Crippen LogP contribution < -0.4 is 4.74 Å². The van der Waals surface area contributed by atoms with E-state index in [4.69, 9.17) is 9.84 Å². The van der Waals surface area contributed by atoms with Crippen LogP contribution in [-0.2, 0) is 4.74 Å². The topological polar surface area (TPSA) is 55.8 Å². The molecule has 1 aromatic carbocycles. The van der Waals surface area contributed by atoms with Crippen LogP contribution in [0.3, 0.4) is 0 Å². The van der Waals surface area contributed by atoms with Gasteiger partial charge < -0.3 is 14.6 Å². The van der Waals surface area contributed by atoms with Gasteiger partial charge in [0, 0.05) is 0 Å². The number of ether oxygens (including phenoxy) is 2. The van der Waals surface area contributed by atoms with Crippen LogP contribution in [0.1, 0.15) is 15.9 Å². The predicted molar refractivity (Wildman–Crippen MR) is 55.1 cm³/mol. The summed E-state index contributed by atoms with van der Waals surface area (Å²) in [5.74, 6) is 0.295. The average Bonchev–Trinajstić information content (AvgIpc) is 2.26. The summed E-state index contributed by atoms with van der Waals surface area (Å²) < 4.78 is 9.84. The van der Waals surface area contributed by atoms with Gasteiger partial charge in [-0.2, -0.15) is 0 Å². The first-order valence-corrected chi connectivity index (χ1v) is 4.61. The molecule has 0 aromatic heterocycles. The highest BCUT2D eigenvalue weighted by atomic mass is 16.5. The Morgan fingerprint density at radius 2 is 2.20 bits per heavy atom. The van der Waals surface area contributed by atoms with E-state index in [9.17, 15) is 4.79 Å².